The molecule has 0 spiro atoms. The molecular weight excluding hydrogens is 250 g/mol. The van der Waals surface area contributed by atoms with Crippen molar-refractivity contribution in [1.82, 2.24) is 25.5 Å². The van der Waals surface area contributed by atoms with Crippen molar-refractivity contribution in [2.45, 2.75) is 44.6 Å². The van der Waals surface area contributed by atoms with Crippen LogP contribution < -0.4 is 5.32 Å². The Hall–Kier alpha value is -1.75. The highest BCUT2D eigenvalue weighted by Gasteiger charge is 2.38. The SMILES string of the molecule is CCNC1(c2nnnn2-c2ccccc2)CCCCC1. The van der Waals surface area contributed by atoms with Gasteiger partial charge in [-0.15, -0.1) is 5.10 Å². The normalized spacial score (nSPS) is 18.1. The summed E-state index contributed by atoms with van der Waals surface area (Å²) in [5.74, 6) is 0.949. The quantitative estimate of drug-likeness (QED) is 0.928. The Morgan fingerprint density at radius 2 is 1.90 bits per heavy atom. The van der Waals surface area contributed by atoms with E-state index in [1.807, 2.05) is 35.0 Å². The predicted molar refractivity (Wildman–Crippen MR) is 77.6 cm³/mol. The zero-order valence-electron chi connectivity index (χ0n) is 11.9. The van der Waals surface area contributed by atoms with Crippen molar-refractivity contribution in [3.05, 3.63) is 36.2 Å². The Bertz CT molecular complexity index is 537. The number of rotatable bonds is 4. The number of nitrogens with one attached hydrogen (secondary N) is 1. The van der Waals surface area contributed by atoms with Gasteiger partial charge < -0.3 is 5.32 Å². The van der Waals surface area contributed by atoms with Crippen molar-refractivity contribution in [2.75, 3.05) is 6.54 Å². The second-order valence-corrected chi connectivity index (χ2v) is 5.42. The zero-order chi connectivity index (χ0) is 13.8. The first-order valence-corrected chi connectivity index (χ1v) is 7.45. The van der Waals surface area contributed by atoms with Gasteiger partial charge in [-0.1, -0.05) is 44.4 Å². The highest BCUT2D eigenvalue weighted by molar-refractivity contribution is 5.32. The van der Waals surface area contributed by atoms with Crippen molar-refractivity contribution in [1.29, 1.82) is 0 Å². The molecule has 1 fully saturated rings. The van der Waals surface area contributed by atoms with Gasteiger partial charge in [0.2, 0.25) is 0 Å². The van der Waals surface area contributed by atoms with E-state index in [0.717, 1.165) is 30.9 Å². The van der Waals surface area contributed by atoms with Gasteiger partial charge in [-0.2, -0.15) is 4.68 Å². The summed E-state index contributed by atoms with van der Waals surface area (Å²) >= 11 is 0. The Morgan fingerprint density at radius 1 is 1.15 bits per heavy atom. The van der Waals surface area contributed by atoms with Crippen LogP contribution in [0.3, 0.4) is 0 Å². The minimum absolute atomic E-state index is 0.0770. The van der Waals surface area contributed by atoms with Gasteiger partial charge in [0.15, 0.2) is 5.82 Å². The molecule has 0 amide bonds. The van der Waals surface area contributed by atoms with E-state index in [2.05, 4.69) is 27.8 Å². The molecule has 0 aliphatic heterocycles. The van der Waals surface area contributed by atoms with Gasteiger partial charge in [-0.05, 0) is 41.9 Å². The number of aromatic nitrogens is 4. The molecule has 1 heterocycles. The Morgan fingerprint density at radius 3 is 2.60 bits per heavy atom. The lowest BCUT2D eigenvalue weighted by Gasteiger charge is -2.36. The fourth-order valence-corrected chi connectivity index (χ4v) is 3.20. The molecule has 5 heteroatoms. The number of hydrogen-bond donors (Lipinski definition) is 1. The van der Waals surface area contributed by atoms with Crippen LogP contribution in [0.2, 0.25) is 0 Å². The topological polar surface area (TPSA) is 55.6 Å². The first-order valence-electron chi connectivity index (χ1n) is 7.45. The molecule has 0 saturated heterocycles. The smallest absolute Gasteiger partial charge is 0.176 e. The molecule has 0 atom stereocenters. The van der Waals surface area contributed by atoms with Crippen molar-refractivity contribution in [3.63, 3.8) is 0 Å². The van der Waals surface area contributed by atoms with Gasteiger partial charge in [-0.3, -0.25) is 0 Å². The Kier molecular flexibility index (Phi) is 3.78. The lowest BCUT2D eigenvalue weighted by Crippen LogP contribution is -2.46. The van der Waals surface area contributed by atoms with E-state index in [9.17, 15) is 0 Å². The summed E-state index contributed by atoms with van der Waals surface area (Å²) < 4.78 is 1.88. The summed E-state index contributed by atoms with van der Waals surface area (Å²) in [5.41, 5.74) is 0.946. The van der Waals surface area contributed by atoms with Gasteiger partial charge in [0.1, 0.15) is 0 Å². The van der Waals surface area contributed by atoms with E-state index in [0.29, 0.717) is 0 Å². The maximum Gasteiger partial charge on any atom is 0.176 e. The van der Waals surface area contributed by atoms with E-state index in [1.165, 1.54) is 19.3 Å². The fourth-order valence-electron chi connectivity index (χ4n) is 3.20. The van der Waals surface area contributed by atoms with Gasteiger partial charge in [0, 0.05) is 0 Å². The summed E-state index contributed by atoms with van der Waals surface area (Å²) in [6.45, 7) is 3.08. The van der Waals surface area contributed by atoms with Crippen molar-refractivity contribution in [3.8, 4) is 5.69 Å². The third-order valence-corrected chi connectivity index (χ3v) is 4.12. The van der Waals surface area contributed by atoms with Gasteiger partial charge in [0.05, 0.1) is 11.2 Å². The summed E-state index contributed by atoms with van der Waals surface area (Å²) in [7, 11) is 0. The van der Waals surface area contributed by atoms with Gasteiger partial charge >= 0.3 is 0 Å². The van der Waals surface area contributed by atoms with Crippen LogP contribution in [0.4, 0.5) is 0 Å². The molecule has 1 saturated carbocycles. The zero-order valence-corrected chi connectivity index (χ0v) is 11.9. The molecule has 20 heavy (non-hydrogen) atoms. The van der Waals surface area contributed by atoms with Gasteiger partial charge in [0.25, 0.3) is 0 Å². The molecule has 1 aromatic carbocycles. The number of benzene rings is 1. The minimum atomic E-state index is -0.0770. The van der Waals surface area contributed by atoms with Crippen molar-refractivity contribution < 1.29 is 0 Å². The minimum Gasteiger partial charge on any atom is -0.305 e. The van der Waals surface area contributed by atoms with Crippen LogP contribution in [-0.2, 0) is 5.54 Å². The third kappa shape index (κ3) is 2.33. The summed E-state index contributed by atoms with van der Waals surface area (Å²) in [6, 6.07) is 10.1. The molecule has 1 aliphatic rings. The molecule has 106 valence electrons. The second-order valence-electron chi connectivity index (χ2n) is 5.42. The van der Waals surface area contributed by atoms with Crippen molar-refractivity contribution >= 4 is 0 Å². The standard InChI is InChI=1S/C15H21N5/c1-2-16-15(11-7-4-8-12-15)14-17-18-19-20(14)13-9-5-3-6-10-13/h3,5-6,9-10,16H,2,4,7-8,11-12H2,1H3. The molecule has 5 nitrogen and oxygen atoms in total. The molecule has 1 N–H and O–H groups in total. The Balaban J connectivity index is 2.02. The lowest BCUT2D eigenvalue weighted by atomic mass is 9.81. The van der Waals surface area contributed by atoms with E-state index < -0.39 is 0 Å². The highest BCUT2D eigenvalue weighted by Crippen LogP contribution is 2.36. The van der Waals surface area contributed by atoms with Crippen molar-refractivity contribution in [2.24, 2.45) is 0 Å². The molecule has 2 aromatic rings. The maximum absolute atomic E-state index is 4.35. The molecule has 3 rings (SSSR count). The monoisotopic (exact) mass is 271 g/mol. The molecule has 0 bridgehead atoms. The summed E-state index contributed by atoms with van der Waals surface area (Å²) in [5, 5.41) is 16.1. The average molecular weight is 271 g/mol. The van der Waals surface area contributed by atoms with Crippen LogP contribution in [0.5, 0.6) is 0 Å². The van der Waals surface area contributed by atoms with E-state index in [1.54, 1.807) is 0 Å². The van der Waals surface area contributed by atoms with Crippen LogP contribution in [0.15, 0.2) is 30.3 Å². The number of nitrogens with zero attached hydrogens (tertiary/aromatic N) is 4. The largest absolute Gasteiger partial charge is 0.305 e. The van der Waals surface area contributed by atoms with Gasteiger partial charge in [-0.25, -0.2) is 0 Å². The highest BCUT2D eigenvalue weighted by atomic mass is 15.6. The predicted octanol–water partition coefficient (Wildman–Crippen LogP) is 2.43. The first kappa shape index (κ1) is 13.2. The number of tetrazole rings is 1. The van der Waals surface area contributed by atoms with Crippen LogP contribution in [0, 0.1) is 0 Å². The molecule has 1 aromatic heterocycles. The molecule has 0 radical (unpaired) electrons. The van der Waals surface area contributed by atoms with Crippen LogP contribution in [0.25, 0.3) is 5.69 Å². The van der Waals surface area contributed by atoms with Crippen LogP contribution in [-0.4, -0.2) is 26.8 Å². The number of hydrogen-bond acceptors (Lipinski definition) is 4. The maximum atomic E-state index is 4.35. The average Bonchev–Trinajstić information content (AvgIpc) is 2.99. The lowest BCUT2D eigenvalue weighted by molar-refractivity contribution is 0.220. The summed E-state index contributed by atoms with van der Waals surface area (Å²) in [6.07, 6.45) is 5.98. The molecular formula is C15H21N5. The molecule has 0 unspecified atom stereocenters. The van der Waals surface area contributed by atoms with E-state index >= 15 is 0 Å². The van der Waals surface area contributed by atoms with Crippen LogP contribution in [0.1, 0.15) is 44.9 Å². The number of para-hydroxylation sites is 1. The third-order valence-electron chi connectivity index (χ3n) is 4.12. The Labute approximate surface area is 119 Å². The van der Waals surface area contributed by atoms with E-state index in [-0.39, 0.29) is 5.54 Å². The fraction of sp³-hybridized carbons (Fsp3) is 0.533. The van der Waals surface area contributed by atoms with E-state index in [4.69, 9.17) is 0 Å². The first-order chi connectivity index (χ1) is 9.86. The van der Waals surface area contributed by atoms with Crippen LogP contribution >= 0.6 is 0 Å². The molecule has 1 aliphatic carbocycles. The second kappa shape index (κ2) is 5.71. The summed E-state index contributed by atoms with van der Waals surface area (Å²) in [4.78, 5) is 0.